The van der Waals surface area contributed by atoms with Crippen LogP contribution in [-0.4, -0.2) is 44.0 Å². The van der Waals surface area contributed by atoms with Crippen LogP contribution in [-0.2, 0) is 16.0 Å². The third kappa shape index (κ3) is 4.44. The van der Waals surface area contributed by atoms with Crippen molar-refractivity contribution < 1.29 is 19.1 Å². The van der Waals surface area contributed by atoms with Crippen molar-refractivity contribution in [1.29, 1.82) is 0 Å². The number of anilines is 1. The van der Waals surface area contributed by atoms with Crippen LogP contribution in [0.2, 0.25) is 0 Å². The smallest absolute Gasteiger partial charge is 0.229 e. The first kappa shape index (κ1) is 19.7. The molecule has 0 saturated carbocycles. The van der Waals surface area contributed by atoms with Gasteiger partial charge in [-0.2, -0.15) is 0 Å². The number of ether oxygens (including phenoxy) is 2. The molecule has 1 heterocycles. The molecule has 2 aromatic carbocycles. The van der Waals surface area contributed by atoms with Gasteiger partial charge in [0.25, 0.3) is 0 Å². The molecule has 6 heteroatoms. The first-order chi connectivity index (χ1) is 13.5. The lowest BCUT2D eigenvalue weighted by atomic mass is 10.1. The first-order valence-electron chi connectivity index (χ1n) is 9.37. The second-order valence-corrected chi connectivity index (χ2v) is 6.98. The molecule has 0 aromatic heterocycles. The van der Waals surface area contributed by atoms with E-state index >= 15 is 0 Å². The van der Waals surface area contributed by atoms with Crippen LogP contribution in [0.1, 0.15) is 17.5 Å². The van der Waals surface area contributed by atoms with E-state index in [0.717, 1.165) is 16.8 Å². The molecule has 0 bridgehead atoms. The van der Waals surface area contributed by atoms with Crippen LogP contribution in [0.5, 0.6) is 11.5 Å². The molecule has 1 N–H and O–H groups in total. The van der Waals surface area contributed by atoms with E-state index in [-0.39, 0.29) is 24.2 Å². The van der Waals surface area contributed by atoms with Crippen molar-refractivity contribution in [3.8, 4) is 11.5 Å². The zero-order chi connectivity index (χ0) is 20.1. The van der Waals surface area contributed by atoms with Crippen LogP contribution < -0.4 is 14.8 Å². The molecular weight excluding hydrogens is 356 g/mol. The molecule has 2 aromatic rings. The van der Waals surface area contributed by atoms with Crippen molar-refractivity contribution in [1.82, 2.24) is 4.90 Å². The number of hydrogen-bond acceptors (Lipinski definition) is 4. The average molecular weight is 382 g/mol. The summed E-state index contributed by atoms with van der Waals surface area (Å²) in [7, 11) is 3.20. The van der Waals surface area contributed by atoms with Crippen LogP contribution in [0.25, 0.3) is 0 Å². The van der Waals surface area contributed by atoms with Gasteiger partial charge in [0, 0.05) is 25.2 Å². The van der Waals surface area contributed by atoms with E-state index in [2.05, 4.69) is 5.32 Å². The standard InChI is InChI=1S/C22H26N2O4/c1-15-6-4-5-7-18(15)23-22(26)17-13-21(25)24(14-17)11-10-16-8-9-19(27-2)20(12-16)28-3/h4-9,12,17H,10-11,13-14H2,1-3H3,(H,23,26). The summed E-state index contributed by atoms with van der Waals surface area (Å²) in [6.45, 7) is 2.97. The lowest BCUT2D eigenvalue weighted by Crippen LogP contribution is -2.30. The predicted octanol–water partition coefficient (Wildman–Crippen LogP) is 3.04. The summed E-state index contributed by atoms with van der Waals surface area (Å²) in [6.07, 6.45) is 0.946. The highest BCUT2D eigenvalue weighted by Crippen LogP contribution is 2.28. The molecule has 3 rings (SSSR count). The fraction of sp³-hybridized carbons (Fsp3) is 0.364. The van der Waals surface area contributed by atoms with Gasteiger partial charge in [0.05, 0.1) is 20.1 Å². The van der Waals surface area contributed by atoms with E-state index in [1.807, 2.05) is 49.4 Å². The van der Waals surface area contributed by atoms with Crippen molar-refractivity contribution in [2.45, 2.75) is 19.8 Å². The third-order valence-electron chi connectivity index (χ3n) is 5.11. The molecule has 0 spiro atoms. The zero-order valence-electron chi connectivity index (χ0n) is 16.5. The van der Waals surface area contributed by atoms with Crippen molar-refractivity contribution in [2.75, 3.05) is 32.6 Å². The van der Waals surface area contributed by atoms with E-state index in [4.69, 9.17) is 9.47 Å². The van der Waals surface area contributed by atoms with E-state index in [1.54, 1.807) is 19.1 Å². The highest BCUT2D eigenvalue weighted by Gasteiger charge is 2.34. The van der Waals surface area contributed by atoms with Gasteiger partial charge in [0.15, 0.2) is 11.5 Å². The van der Waals surface area contributed by atoms with Gasteiger partial charge in [-0.15, -0.1) is 0 Å². The van der Waals surface area contributed by atoms with Gasteiger partial charge in [-0.25, -0.2) is 0 Å². The van der Waals surface area contributed by atoms with Crippen molar-refractivity contribution in [3.63, 3.8) is 0 Å². The number of nitrogens with one attached hydrogen (secondary N) is 1. The zero-order valence-corrected chi connectivity index (χ0v) is 16.5. The monoisotopic (exact) mass is 382 g/mol. The number of nitrogens with zero attached hydrogens (tertiary/aromatic N) is 1. The molecule has 1 saturated heterocycles. The summed E-state index contributed by atoms with van der Waals surface area (Å²) < 4.78 is 10.6. The van der Waals surface area contributed by atoms with E-state index in [9.17, 15) is 9.59 Å². The Morgan fingerprint density at radius 3 is 2.61 bits per heavy atom. The molecule has 1 unspecified atom stereocenters. The number of rotatable bonds is 7. The minimum absolute atomic E-state index is 0.0189. The van der Waals surface area contributed by atoms with Gasteiger partial charge in [0.2, 0.25) is 11.8 Å². The second-order valence-electron chi connectivity index (χ2n) is 6.98. The van der Waals surface area contributed by atoms with Gasteiger partial charge >= 0.3 is 0 Å². The maximum atomic E-state index is 12.6. The van der Waals surface area contributed by atoms with Crippen molar-refractivity contribution in [2.24, 2.45) is 5.92 Å². The third-order valence-corrected chi connectivity index (χ3v) is 5.11. The van der Waals surface area contributed by atoms with Gasteiger partial charge < -0.3 is 19.7 Å². The van der Waals surface area contributed by atoms with Crippen LogP contribution in [0.3, 0.4) is 0 Å². The predicted molar refractivity (Wildman–Crippen MR) is 108 cm³/mol. The molecule has 1 aliphatic heterocycles. The highest BCUT2D eigenvalue weighted by molar-refractivity contribution is 5.97. The number of benzene rings is 2. The molecule has 28 heavy (non-hydrogen) atoms. The molecule has 1 atom stereocenters. The Labute approximate surface area is 165 Å². The lowest BCUT2D eigenvalue weighted by Gasteiger charge is -2.17. The van der Waals surface area contributed by atoms with Crippen molar-refractivity contribution in [3.05, 3.63) is 53.6 Å². The van der Waals surface area contributed by atoms with Crippen LogP contribution >= 0.6 is 0 Å². The summed E-state index contributed by atoms with van der Waals surface area (Å²) in [5.74, 6) is 0.943. The Kier molecular flexibility index (Phi) is 6.19. The normalized spacial score (nSPS) is 16.2. The minimum Gasteiger partial charge on any atom is -0.493 e. The quantitative estimate of drug-likeness (QED) is 0.799. The Balaban J connectivity index is 1.57. The number of carbonyl (C=O) groups excluding carboxylic acids is 2. The lowest BCUT2D eigenvalue weighted by molar-refractivity contribution is -0.128. The SMILES string of the molecule is COc1ccc(CCN2CC(C(=O)Nc3ccccc3C)CC2=O)cc1OC. The van der Waals surface area contributed by atoms with Gasteiger partial charge in [-0.05, 0) is 42.7 Å². The number of aryl methyl sites for hydroxylation is 1. The number of carbonyl (C=O) groups is 2. The molecule has 0 aliphatic carbocycles. The van der Waals surface area contributed by atoms with Crippen molar-refractivity contribution >= 4 is 17.5 Å². The van der Waals surface area contributed by atoms with E-state index in [0.29, 0.717) is 31.0 Å². The molecule has 0 radical (unpaired) electrons. The molecule has 148 valence electrons. The maximum Gasteiger partial charge on any atom is 0.229 e. The number of hydrogen-bond donors (Lipinski definition) is 1. The first-order valence-corrected chi connectivity index (χ1v) is 9.37. The second kappa shape index (κ2) is 8.78. The Morgan fingerprint density at radius 1 is 1.14 bits per heavy atom. The summed E-state index contributed by atoms with van der Waals surface area (Å²) >= 11 is 0. The Bertz CT molecular complexity index is 865. The topological polar surface area (TPSA) is 67.9 Å². The van der Waals surface area contributed by atoms with Gasteiger partial charge in [-0.3, -0.25) is 9.59 Å². The fourth-order valence-electron chi connectivity index (χ4n) is 3.41. The van der Waals surface area contributed by atoms with Gasteiger partial charge in [-0.1, -0.05) is 24.3 Å². The van der Waals surface area contributed by atoms with Crippen LogP contribution in [0.15, 0.2) is 42.5 Å². The Hall–Kier alpha value is -3.02. The number of likely N-dealkylation sites (tertiary alicyclic amines) is 1. The van der Waals surface area contributed by atoms with E-state index < -0.39 is 0 Å². The summed E-state index contributed by atoms with van der Waals surface area (Å²) in [5, 5.41) is 2.95. The number of amides is 2. The molecule has 1 aliphatic rings. The average Bonchev–Trinajstić information content (AvgIpc) is 3.08. The molecule has 1 fully saturated rings. The summed E-state index contributed by atoms with van der Waals surface area (Å²) in [5.41, 5.74) is 2.85. The highest BCUT2D eigenvalue weighted by atomic mass is 16.5. The minimum atomic E-state index is -0.322. The number of para-hydroxylation sites is 1. The molecule has 6 nitrogen and oxygen atoms in total. The fourth-order valence-corrected chi connectivity index (χ4v) is 3.41. The summed E-state index contributed by atoms with van der Waals surface area (Å²) in [6, 6.07) is 13.4. The maximum absolute atomic E-state index is 12.6. The van der Waals surface area contributed by atoms with Crippen LogP contribution in [0.4, 0.5) is 5.69 Å². The summed E-state index contributed by atoms with van der Waals surface area (Å²) in [4.78, 5) is 26.7. The molecular formula is C22H26N2O4. The number of methoxy groups -OCH3 is 2. The van der Waals surface area contributed by atoms with E-state index in [1.165, 1.54) is 0 Å². The largest absolute Gasteiger partial charge is 0.493 e. The molecule has 2 amide bonds. The van der Waals surface area contributed by atoms with Gasteiger partial charge in [0.1, 0.15) is 0 Å². The van der Waals surface area contributed by atoms with Crippen LogP contribution in [0, 0.1) is 12.8 Å². The Morgan fingerprint density at radius 2 is 1.89 bits per heavy atom.